The fourth-order valence-electron chi connectivity index (χ4n) is 2.97. The Labute approximate surface area is 152 Å². The number of nitrogens with two attached hydrogens (primary N) is 1. The van der Waals surface area contributed by atoms with Gasteiger partial charge in [-0.05, 0) is 0 Å². The van der Waals surface area contributed by atoms with E-state index < -0.39 is 0 Å². The van der Waals surface area contributed by atoms with Crippen LogP contribution in [-0.2, 0) is 6.54 Å². The molecule has 4 heterocycles. The monoisotopic (exact) mass is 371 g/mol. The predicted molar refractivity (Wildman–Crippen MR) is 97.0 cm³/mol. The first-order valence-electron chi connectivity index (χ1n) is 8.16. The van der Waals surface area contributed by atoms with Crippen LogP contribution >= 0.6 is 11.3 Å². The zero-order valence-corrected chi connectivity index (χ0v) is 14.7. The van der Waals surface area contributed by atoms with Crippen LogP contribution in [0.3, 0.4) is 0 Å². The Morgan fingerprint density at radius 3 is 2.73 bits per heavy atom. The second-order valence-corrected chi connectivity index (χ2v) is 6.87. The molecule has 4 rings (SSSR count). The van der Waals surface area contributed by atoms with Crippen molar-refractivity contribution >= 4 is 28.0 Å². The molecule has 1 amide bonds. The topological polar surface area (TPSA) is 110 Å². The van der Waals surface area contributed by atoms with Crippen LogP contribution in [0.15, 0.2) is 34.8 Å². The van der Waals surface area contributed by atoms with Gasteiger partial charge in [0.1, 0.15) is 0 Å². The summed E-state index contributed by atoms with van der Waals surface area (Å²) in [5.74, 6) is -0.0551. The van der Waals surface area contributed by atoms with Gasteiger partial charge in [-0.25, -0.2) is 15.0 Å². The molecule has 3 aromatic heterocycles. The SMILES string of the molecule is Nc1nccnc1C(=O)N1CCN(Cc2cc(=O)n3ccsc3n2)CC1. The van der Waals surface area contributed by atoms with Crippen LogP contribution in [0.1, 0.15) is 16.2 Å². The minimum absolute atomic E-state index is 0.0711. The molecule has 1 aliphatic rings. The van der Waals surface area contributed by atoms with Crippen molar-refractivity contribution in [2.75, 3.05) is 31.9 Å². The van der Waals surface area contributed by atoms with Gasteiger partial charge in [-0.15, -0.1) is 11.3 Å². The zero-order chi connectivity index (χ0) is 18.1. The minimum atomic E-state index is -0.202. The lowest BCUT2D eigenvalue weighted by atomic mass is 10.2. The van der Waals surface area contributed by atoms with Crippen LogP contribution in [0.25, 0.3) is 4.96 Å². The van der Waals surface area contributed by atoms with Crippen molar-refractivity contribution in [2.45, 2.75) is 6.54 Å². The Morgan fingerprint density at radius 1 is 1.19 bits per heavy atom. The van der Waals surface area contributed by atoms with Gasteiger partial charge in [-0.2, -0.15) is 0 Å². The summed E-state index contributed by atoms with van der Waals surface area (Å²) in [6.45, 7) is 3.10. The third kappa shape index (κ3) is 3.16. The fraction of sp³-hybridized carbons (Fsp3) is 0.312. The fourth-order valence-corrected chi connectivity index (χ4v) is 3.71. The molecular weight excluding hydrogens is 354 g/mol. The van der Waals surface area contributed by atoms with Crippen molar-refractivity contribution in [2.24, 2.45) is 0 Å². The van der Waals surface area contributed by atoms with Crippen LogP contribution in [0, 0.1) is 0 Å². The number of hydrogen-bond donors (Lipinski definition) is 1. The summed E-state index contributed by atoms with van der Waals surface area (Å²) in [6.07, 6.45) is 4.65. The molecule has 10 heteroatoms. The van der Waals surface area contributed by atoms with Crippen LogP contribution in [0.4, 0.5) is 5.82 Å². The summed E-state index contributed by atoms with van der Waals surface area (Å²) >= 11 is 1.44. The van der Waals surface area contributed by atoms with Crippen LogP contribution in [-0.4, -0.2) is 61.2 Å². The van der Waals surface area contributed by atoms with Crippen molar-refractivity contribution in [1.29, 1.82) is 0 Å². The molecule has 1 saturated heterocycles. The first-order valence-corrected chi connectivity index (χ1v) is 9.03. The van der Waals surface area contributed by atoms with Gasteiger partial charge < -0.3 is 10.6 Å². The van der Waals surface area contributed by atoms with Gasteiger partial charge in [-0.3, -0.25) is 18.9 Å². The number of nitrogen functional groups attached to an aromatic ring is 1. The summed E-state index contributed by atoms with van der Waals surface area (Å²) in [5.41, 5.74) is 6.61. The van der Waals surface area contributed by atoms with Gasteiger partial charge >= 0.3 is 0 Å². The second kappa shape index (κ2) is 6.81. The number of carbonyl (C=O) groups excluding carboxylic acids is 1. The number of piperazine rings is 1. The standard InChI is InChI=1S/C16H17N7O2S/c17-14-13(18-1-2-19-14)15(25)22-5-3-21(4-6-22)10-11-9-12(24)23-7-8-26-16(23)20-11/h1-2,7-9H,3-6,10H2,(H2,17,19). The second-order valence-electron chi connectivity index (χ2n) is 6.00. The highest BCUT2D eigenvalue weighted by Gasteiger charge is 2.25. The molecule has 0 bridgehead atoms. The maximum absolute atomic E-state index is 12.5. The van der Waals surface area contributed by atoms with Gasteiger partial charge in [0.2, 0.25) is 0 Å². The van der Waals surface area contributed by atoms with Crippen molar-refractivity contribution < 1.29 is 4.79 Å². The van der Waals surface area contributed by atoms with E-state index in [1.165, 1.54) is 28.1 Å². The average Bonchev–Trinajstić information content (AvgIpc) is 3.11. The van der Waals surface area contributed by atoms with Crippen LogP contribution in [0.5, 0.6) is 0 Å². The highest BCUT2D eigenvalue weighted by atomic mass is 32.1. The van der Waals surface area contributed by atoms with E-state index >= 15 is 0 Å². The molecule has 0 aliphatic carbocycles. The average molecular weight is 371 g/mol. The molecule has 9 nitrogen and oxygen atoms in total. The molecule has 3 aromatic rings. The number of amides is 1. The molecule has 1 fully saturated rings. The maximum atomic E-state index is 12.5. The lowest BCUT2D eigenvalue weighted by molar-refractivity contribution is 0.0622. The number of rotatable bonds is 3. The van der Waals surface area contributed by atoms with Gasteiger partial charge in [0.05, 0.1) is 5.69 Å². The third-order valence-corrected chi connectivity index (χ3v) is 5.09. The maximum Gasteiger partial charge on any atom is 0.276 e. The molecule has 0 saturated carbocycles. The number of nitrogens with zero attached hydrogens (tertiary/aromatic N) is 6. The zero-order valence-electron chi connectivity index (χ0n) is 13.9. The summed E-state index contributed by atoms with van der Waals surface area (Å²) in [5, 5.41) is 1.84. The van der Waals surface area contributed by atoms with E-state index in [2.05, 4.69) is 19.9 Å². The first-order chi connectivity index (χ1) is 12.6. The Bertz CT molecular complexity index is 1010. The van der Waals surface area contributed by atoms with E-state index in [4.69, 9.17) is 5.73 Å². The smallest absolute Gasteiger partial charge is 0.276 e. The summed E-state index contributed by atoms with van der Waals surface area (Å²) in [4.78, 5) is 41.7. The third-order valence-electron chi connectivity index (χ3n) is 4.33. The highest BCUT2D eigenvalue weighted by Crippen LogP contribution is 2.13. The van der Waals surface area contributed by atoms with Crippen molar-refractivity contribution in [1.82, 2.24) is 29.2 Å². The Morgan fingerprint density at radius 2 is 1.96 bits per heavy atom. The van der Waals surface area contributed by atoms with Crippen LogP contribution in [0.2, 0.25) is 0 Å². The number of fused-ring (bicyclic) bond motifs is 1. The first kappa shape index (κ1) is 16.6. The van der Waals surface area contributed by atoms with Crippen molar-refractivity contribution in [3.05, 3.63) is 51.8 Å². The number of carbonyl (C=O) groups is 1. The van der Waals surface area contributed by atoms with E-state index in [1.807, 2.05) is 5.38 Å². The number of anilines is 1. The molecule has 0 unspecified atom stereocenters. The Hall–Kier alpha value is -2.85. The summed E-state index contributed by atoms with van der Waals surface area (Å²) in [6, 6.07) is 1.57. The highest BCUT2D eigenvalue weighted by molar-refractivity contribution is 7.15. The largest absolute Gasteiger partial charge is 0.382 e. The number of aromatic nitrogens is 4. The predicted octanol–water partition coefficient (Wildman–Crippen LogP) is 0.0862. The molecular formula is C16H17N7O2S. The number of thiazole rings is 1. The lowest BCUT2D eigenvalue weighted by Crippen LogP contribution is -2.48. The van der Waals surface area contributed by atoms with Gasteiger partial charge in [0.25, 0.3) is 11.5 Å². The Kier molecular flexibility index (Phi) is 4.35. The van der Waals surface area contributed by atoms with E-state index in [0.717, 1.165) is 5.69 Å². The molecule has 0 spiro atoms. The molecule has 0 radical (unpaired) electrons. The van der Waals surface area contributed by atoms with E-state index in [0.29, 0.717) is 37.7 Å². The van der Waals surface area contributed by atoms with Gasteiger partial charge in [-0.1, -0.05) is 0 Å². The normalized spacial score (nSPS) is 15.5. The molecule has 0 aromatic carbocycles. The lowest BCUT2D eigenvalue weighted by Gasteiger charge is -2.34. The quantitative estimate of drug-likeness (QED) is 0.694. The molecule has 2 N–H and O–H groups in total. The molecule has 134 valence electrons. The van der Waals surface area contributed by atoms with Crippen LogP contribution < -0.4 is 11.3 Å². The molecule has 1 aliphatic heterocycles. The molecule has 26 heavy (non-hydrogen) atoms. The van der Waals surface area contributed by atoms with E-state index in [1.54, 1.807) is 17.2 Å². The van der Waals surface area contributed by atoms with E-state index in [-0.39, 0.29) is 23.0 Å². The summed E-state index contributed by atoms with van der Waals surface area (Å²) < 4.78 is 1.54. The summed E-state index contributed by atoms with van der Waals surface area (Å²) in [7, 11) is 0. The van der Waals surface area contributed by atoms with Gasteiger partial charge in [0, 0.05) is 62.8 Å². The molecule has 0 atom stereocenters. The van der Waals surface area contributed by atoms with Crippen molar-refractivity contribution in [3.63, 3.8) is 0 Å². The minimum Gasteiger partial charge on any atom is -0.382 e. The van der Waals surface area contributed by atoms with Gasteiger partial charge in [0.15, 0.2) is 16.5 Å². The number of hydrogen-bond acceptors (Lipinski definition) is 8. The van der Waals surface area contributed by atoms with Crippen molar-refractivity contribution in [3.8, 4) is 0 Å². The Balaban J connectivity index is 1.41. The van der Waals surface area contributed by atoms with E-state index in [9.17, 15) is 9.59 Å².